The molecule has 2 aromatic rings. The van der Waals surface area contributed by atoms with Crippen molar-refractivity contribution in [2.45, 2.75) is 38.5 Å². The largest absolute Gasteiger partial charge is 0.508 e. The second-order valence-electron chi connectivity index (χ2n) is 7.86. The average Bonchev–Trinajstić information content (AvgIpc) is 2.83. The topological polar surface area (TPSA) is 23.5 Å². The molecule has 1 aliphatic carbocycles. The summed E-state index contributed by atoms with van der Waals surface area (Å²) >= 11 is 0. The lowest BCUT2D eigenvalue weighted by atomic mass is 9.88. The summed E-state index contributed by atoms with van der Waals surface area (Å²) in [6.07, 6.45) is 7.25. The van der Waals surface area contributed by atoms with E-state index < -0.39 is 0 Å². The second-order valence-corrected chi connectivity index (χ2v) is 7.86. The van der Waals surface area contributed by atoms with Gasteiger partial charge in [0.2, 0.25) is 0 Å². The number of phenols is 1. The molecule has 0 spiro atoms. The first kappa shape index (κ1) is 21.5. The number of rotatable bonds is 6. The number of likely N-dealkylation sites (N-methyl/N-ethyl adjacent to an activating group) is 1. The highest BCUT2D eigenvalue weighted by Gasteiger charge is 2.21. The number of hydrogen-bond donors (Lipinski definition) is 1. The zero-order valence-corrected chi connectivity index (χ0v) is 17.3. The zero-order valence-electron chi connectivity index (χ0n) is 16.5. The normalized spacial score (nSPS) is 17.5. The van der Waals surface area contributed by atoms with Gasteiger partial charge in [-0.3, -0.25) is 0 Å². The van der Waals surface area contributed by atoms with Gasteiger partial charge in [-0.2, -0.15) is 0 Å². The number of phenolic OH excluding ortho intramolecular Hbond substituents is 1. The SMILES string of the molecule is CN(C)CC1=C(c2cccc(O)c2)CC(CCc2ccccc2)CCC1.Cl. The third kappa shape index (κ3) is 6.41. The minimum Gasteiger partial charge on any atom is -0.508 e. The fourth-order valence-corrected chi connectivity index (χ4v) is 4.12. The predicted octanol–water partition coefficient (Wildman–Crippen LogP) is 5.95. The summed E-state index contributed by atoms with van der Waals surface area (Å²) in [7, 11) is 4.29. The Morgan fingerprint density at radius 2 is 1.81 bits per heavy atom. The fourth-order valence-electron chi connectivity index (χ4n) is 4.12. The van der Waals surface area contributed by atoms with Crippen molar-refractivity contribution in [2.75, 3.05) is 20.6 Å². The third-order valence-electron chi connectivity index (χ3n) is 5.40. The van der Waals surface area contributed by atoms with Crippen molar-refractivity contribution in [1.82, 2.24) is 4.90 Å². The Hall–Kier alpha value is -1.77. The highest BCUT2D eigenvalue weighted by molar-refractivity contribution is 5.85. The molecular formula is C24H32ClNO. The van der Waals surface area contributed by atoms with Gasteiger partial charge in [-0.25, -0.2) is 0 Å². The molecule has 1 aliphatic rings. The zero-order chi connectivity index (χ0) is 18.4. The number of aryl methyl sites for hydroxylation is 1. The number of aromatic hydroxyl groups is 1. The summed E-state index contributed by atoms with van der Waals surface area (Å²) in [6, 6.07) is 18.7. The molecule has 0 heterocycles. The summed E-state index contributed by atoms with van der Waals surface area (Å²) < 4.78 is 0. The second kappa shape index (κ2) is 10.5. The molecule has 2 nitrogen and oxygen atoms in total. The van der Waals surface area contributed by atoms with Crippen LogP contribution in [-0.4, -0.2) is 30.6 Å². The molecule has 0 amide bonds. The summed E-state index contributed by atoms with van der Waals surface area (Å²) in [5.41, 5.74) is 5.65. The summed E-state index contributed by atoms with van der Waals surface area (Å²) in [4.78, 5) is 2.27. The standard InChI is InChI=1S/C24H31NO.ClH/c1-25(2)18-22-12-6-10-20(15-14-19-8-4-3-5-9-19)16-24(22)21-11-7-13-23(26)17-21;/h3-5,7-9,11,13,17,20,26H,6,10,12,14-16,18H2,1-2H3;1H. The maximum atomic E-state index is 9.97. The molecule has 0 fully saturated rings. The first-order valence-corrected chi connectivity index (χ1v) is 9.81. The highest BCUT2D eigenvalue weighted by atomic mass is 35.5. The van der Waals surface area contributed by atoms with Crippen LogP contribution >= 0.6 is 12.4 Å². The predicted molar refractivity (Wildman–Crippen MR) is 118 cm³/mol. The van der Waals surface area contributed by atoms with Crippen LogP contribution in [0.1, 0.15) is 43.2 Å². The van der Waals surface area contributed by atoms with Crippen molar-refractivity contribution in [3.8, 4) is 5.75 Å². The van der Waals surface area contributed by atoms with Gasteiger partial charge >= 0.3 is 0 Å². The van der Waals surface area contributed by atoms with Gasteiger partial charge in [0.25, 0.3) is 0 Å². The average molecular weight is 386 g/mol. The molecule has 146 valence electrons. The minimum atomic E-state index is 0. The van der Waals surface area contributed by atoms with Crippen LogP contribution in [0, 0.1) is 5.92 Å². The minimum absolute atomic E-state index is 0. The number of allylic oxidation sites excluding steroid dienone is 1. The Morgan fingerprint density at radius 3 is 2.52 bits per heavy atom. The van der Waals surface area contributed by atoms with Crippen LogP contribution < -0.4 is 0 Å². The number of nitrogens with zero attached hydrogens (tertiary/aromatic N) is 1. The van der Waals surface area contributed by atoms with Crippen molar-refractivity contribution in [1.29, 1.82) is 0 Å². The Balaban J connectivity index is 0.00000261. The van der Waals surface area contributed by atoms with Crippen molar-refractivity contribution < 1.29 is 5.11 Å². The molecule has 1 N–H and O–H groups in total. The molecular weight excluding hydrogens is 354 g/mol. The molecule has 27 heavy (non-hydrogen) atoms. The van der Waals surface area contributed by atoms with Crippen molar-refractivity contribution in [3.63, 3.8) is 0 Å². The molecule has 1 unspecified atom stereocenters. The van der Waals surface area contributed by atoms with Crippen LogP contribution in [0.5, 0.6) is 5.75 Å². The van der Waals surface area contributed by atoms with Gasteiger partial charge in [-0.1, -0.05) is 48.0 Å². The number of benzene rings is 2. The fraction of sp³-hybridized carbons (Fsp3) is 0.417. The monoisotopic (exact) mass is 385 g/mol. The van der Waals surface area contributed by atoms with E-state index in [1.54, 1.807) is 11.6 Å². The van der Waals surface area contributed by atoms with Gasteiger partial charge in [0.15, 0.2) is 0 Å². The van der Waals surface area contributed by atoms with Gasteiger partial charge in [0.05, 0.1) is 0 Å². The van der Waals surface area contributed by atoms with Gasteiger partial charge in [-0.15, -0.1) is 12.4 Å². The Labute approximate surface area is 170 Å². The summed E-state index contributed by atoms with van der Waals surface area (Å²) in [5, 5.41) is 9.97. The van der Waals surface area contributed by atoms with E-state index in [1.807, 2.05) is 12.1 Å². The van der Waals surface area contributed by atoms with E-state index in [2.05, 4.69) is 55.4 Å². The maximum Gasteiger partial charge on any atom is 0.116 e. The summed E-state index contributed by atoms with van der Waals surface area (Å²) in [6.45, 7) is 1.01. The van der Waals surface area contributed by atoms with E-state index in [0.29, 0.717) is 11.7 Å². The molecule has 0 aliphatic heterocycles. The van der Waals surface area contributed by atoms with E-state index >= 15 is 0 Å². The Bertz CT molecular complexity index is 739. The van der Waals surface area contributed by atoms with E-state index in [4.69, 9.17) is 0 Å². The van der Waals surface area contributed by atoms with E-state index in [9.17, 15) is 5.11 Å². The molecule has 0 radical (unpaired) electrons. The molecule has 3 rings (SSSR count). The first-order chi connectivity index (χ1) is 12.6. The van der Waals surface area contributed by atoms with E-state index in [-0.39, 0.29) is 12.4 Å². The molecule has 0 aromatic heterocycles. The maximum absolute atomic E-state index is 9.97. The number of halogens is 1. The van der Waals surface area contributed by atoms with Crippen LogP contribution in [0.15, 0.2) is 60.2 Å². The Kier molecular flexibility index (Phi) is 8.40. The lowest BCUT2D eigenvalue weighted by Gasteiger charge is -2.20. The first-order valence-electron chi connectivity index (χ1n) is 9.81. The third-order valence-corrected chi connectivity index (χ3v) is 5.40. The van der Waals surface area contributed by atoms with Crippen molar-refractivity contribution in [2.24, 2.45) is 5.92 Å². The van der Waals surface area contributed by atoms with Crippen molar-refractivity contribution in [3.05, 3.63) is 71.3 Å². The van der Waals surface area contributed by atoms with Crippen LogP contribution in [0.2, 0.25) is 0 Å². The number of hydrogen-bond acceptors (Lipinski definition) is 2. The van der Waals surface area contributed by atoms with Gasteiger partial charge in [-0.05, 0) is 87.4 Å². The molecule has 1 atom stereocenters. The van der Waals surface area contributed by atoms with E-state index in [1.165, 1.54) is 42.4 Å². The lowest BCUT2D eigenvalue weighted by Crippen LogP contribution is -2.16. The van der Waals surface area contributed by atoms with Gasteiger partial charge < -0.3 is 10.0 Å². The van der Waals surface area contributed by atoms with E-state index in [0.717, 1.165) is 19.4 Å². The molecule has 0 bridgehead atoms. The molecule has 3 heteroatoms. The lowest BCUT2D eigenvalue weighted by molar-refractivity contribution is 0.434. The quantitative estimate of drug-likeness (QED) is 0.663. The van der Waals surface area contributed by atoms with Crippen LogP contribution in [0.4, 0.5) is 0 Å². The summed E-state index contributed by atoms with van der Waals surface area (Å²) in [5.74, 6) is 1.08. The van der Waals surface area contributed by atoms with Crippen LogP contribution in [-0.2, 0) is 6.42 Å². The van der Waals surface area contributed by atoms with Gasteiger partial charge in [0.1, 0.15) is 5.75 Å². The Morgan fingerprint density at radius 1 is 1.04 bits per heavy atom. The molecule has 2 aromatic carbocycles. The van der Waals surface area contributed by atoms with Gasteiger partial charge in [0, 0.05) is 6.54 Å². The highest BCUT2D eigenvalue weighted by Crippen LogP contribution is 2.37. The van der Waals surface area contributed by atoms with Crippen LogP contribution in [0.25, 0.3) is 5.57 Å². The smallest absolute Gasteiger partial charge is 0.116 e. The molecule has 0 saturated carbocycles. The molecule has 0 saturated heterocycles. The van der Waals surface area contributed by atoms with Crippen molar-refractivity contribution >= 4 is 18.0 Å². The van der Waals surface area contributed by atoms with Crippen LogP contribution in [0.3, 0.4) is 0 Å².